The van der Waals surface area contributed by atoms with Crippen LogP contribution in [0.4, 0.5) is 16.2 Å². The molecule has 0 spiro atoms. The average molecular weight is 298 g/mol. The molecule has 0 aliphatic heterocycles. The van der Waals surface area contributed by atoms with Gasteiger partial charge in [-0.15, -0.1) is 0 Å². The van der Waals surface area contributed by atoms with Crippen LogP contribution >= 0.6 is 0 Å². The van der Waals surface area contributed by atoms with Gasteiger partial charge in [0.1, 0.15) is 0 Å². The van der Waals surface area contributed by atoms with Gasteiger partial charge < -0.3 is 15.5 Å². The molecule has 2 rings (SSSR count). The Hall–Kier alpha value is -2.56. The molecular formula is C17H22N4O. The standard InChI is InChI=1S/C17H22N4O/c1-12-10-14(8-9-16(12)21(3)4)20-17(22)18-11-15-7-5-6-13(2)19-15/h5-10H,11H2,1-4H3,(H2,18,20,22). The fourth-order valence-corrected chi connectivity index (χ4v) is 2.28. The summed E-state index contributed by atoms with van der Waals surface area (Å²) in [5, 5.41) is 5.65. The number of hydrogen-bond donors (Lipinski definition) is 2. The quantitative estimate of drug-likeness (QED) is 0.912. The number of amides is 2. The van der Waals surface area contributed by atoms with Crippen LogP contribution in [-0.2, 0) is 6.54 Å². The highest BCUT2D eigenvalue weighted by Gasteiger charge is 2.05. The number of aryl methyl sites for hydroxylation is 2. The number of nitrogens with one attached hydrogen (secondary N) is 2. The van der Waals surface area contributed by atoms with Crippen LogP contribution in [0.1, 0.15) is 17.0 Å². The van der Waals surface area contributed by atoms with Gasteiger partial charge in [-0.3, -0.25) is 4.98 Å². The van der Waals surface area contributed by atoms with Crippen molar-refractivity contribution < 1.29 is 4.79 Å². The van der Waals surface area contributed by atoms with Crippen LogP contribution in [0.2, 0.25) is 0 Å². The molecule has 1 aromatic carbocycles. The number of carbonyl (C=O) groups excluding carboxylic acids is 1. The van der Waals surface area contributed by atoms with E-state index in [4.69, 9.17) is 0 Å². The lowest BCUT2D eigenvalue weighted by molar-refractivity contribution is 0.251. The lowest BCUT2D eigenvalue weighted by Crippen LogP contribution is -2.28. The SMILES string of the molecule is Cc1cccc(CNC(=O)Nc2ccc(N(C)C)c(C)c2)n1. The molecule has 116 valence electrons. The third-order valence-corrected chi connectivity index (χ3v) is 3.31. The number of carbonyl (C=O) groups is 1. The van der Waals surface area contributed by atoms with Crippen molar-refractivity contribution in [1.29, 1.82) is 0 Å². The Morgan fingerprint density at radius 2 is 1.95 bits per heavy atom. The molecule has 5 nitrogen and oxygen atoms in total. The van der Waals surface area contributed by atoms with Crippen LogP contribution in [0.25, 0.3) is 0 Å². The van der Waals surface area contributed by atoms with E-state index in [1.165, 1.54) is 0 Å². The topological polar surface area (TPSA) is 57.3 Å². The molecule has 0 radical (unpaired) electrons. The molecular weight excluding hydrogens is 276 g/mol. The van der Waals surface area contributed by atoms with E-state index in [0.29, 0.717) is 6.54 Å². The highest BCUT2D eigenvalue weighted by Crippen LogP contribution is 2.21. The number of hydrogen-bond acceptors (Lipinski definition) is 3. The monoisotopic (exact) mass is 298 g/mol. The van der Waals surface area contributed by atoms with Gasteiger partial charge in [0, 0.05) is 31.2 Å². The fraction of sp³-hybridized carbons (Fsp3) is 0.294. The maximum absolute atomic E-state index is 11.9. The number of benzene rings is 1. The highest BCUT2D eigenvalue weighted by molar-refractivity contribution is 5.89. The Morgan fingerprint density at radius 1 is 1.18 bits per heavy atom. The third kappa shape index (κ3) is 4.22. The van der Waals surface area contributed by atoms with Gasteiger partial charge in [-0.2, -0.15) is 0 Å². The van der Waals surface area contributed by atoms with Gasteiger partial charge in [0.15, 0.2) is 0 Å². The number of anilines is 2. The summed E-state index contributed by atoms with van der Waals surface area (Å²) in [7, 11) is 3.99. The lowest BCUT2D eigenvalue weighted by atomic mass is 10.1. The molecule has 0 fully saturated rings. The van der Waals surface area contributed by atoms with Gasteiger partial charge in [-0.1, -0.05) is 6.07 Å². The van der Waals surface area contributed by atoms with Crippen LogP contribution in [0, 0.1) is 13.8 Å². The van der Waals surface area contributed by atoms with E-state index in [-0.39, 0.29) is 6.03 Å². The molecule has 1 aromatic heterocycles. The van der Waals surface area contributed by atoms with E-state index in [2.05, 4.69) is 15.6 Å². The van der Waals surface area contributed by atoms with Crippen LogP contribution in [0.3, 0.4) is 0 Å². The molecule has 0 aliphatic rings. The molecule has 2 amide bonds. The van der Waals surface area contributed by atoms with Gasteiger partial charge in [0.05, 0.1) is 12.2 Å². The number of rotatable bonds is 4. The van der Waals surface area contributed by atoms with Gasteiger partial charge >= 0.3 is 6.03 Å². The zero-order chi connectivity index (χ0) is 16.1. The number of pyridine rings is 1. The summed E-state index contributed by atoms with van der Waals surface area (Å²) in [6.45, 7) is 4.36. The Kier molecular flexibility index (Phi) is 4.99. The van der Waals surface area contributed by atoms with Crippen LogP contribution in [0.15, 0.2) is 36.4 Å². The molecule has 0 unspecified atom stereocenters. The average Bonchev–Trinajstić information content (AvgIpc) is 2.45. The van der Waals surface area contributed by atoms with E-state index in [0.717, 1.165) is 28.3 Å². The minimum Gasteiger partial charge on any atom is -0.377 e. The van der Waals surface area contributed by atoms with Crippen LogP contribution < -0.4 is 15.5 Å². The van der Waals surface area contributed by atoms with Crippen molar-refractivity contribution in [2.75, 3.05) is 24.3 Å². The minimum absolute atomic E-state index is 0.236. The molecule has 0 saturated heterocycles. The van der Waals surface area contributed by atoms with Gasteiger partial charge in [-0.05, 0) is 49.7 Å². The van der Waals surface area contributed by atoms with Crippen molar-refractivity contribution in [3.63, 3.8) is 0 Å². The van der Waals surface area contributed by atoms with Crippen LogP contribution in [-0.4, -0.2) is 25.1 Å². The van der Waals surface area contributed by atoms with E-state index in [1.54, 1.807) is 0 Å². The second-order valence-corrected chi connectivity index (χ2v) is 5.47. The second kappa shape index (κ2) is 6.93. The third-order valence-electron chi connectivity index (χ3n) is 3.31. The van der Waals surface area contributed by atoms with Crippen molar-refractivity contribution >= 4 is 17.4 Å². The first-order chi connectivity index (χ1) is 10.5. The number of nitrogens with zero attached hydrogens (tertiary/aromatic N) is 2. The zero-order valence-electron chi connectivity index (χ0n) is 13.5. The molecule has 0 saturated carbocycles. The smallest absolute Gasteiger partial charge is 0.319 e. The molecule has 0 bridgehead atoms. The Morgan fingerprint density at radius 3 is 2.59 bits per heavy atom. The van der Waals surface area contributed by atoms with Gasteiger partial charge in [0.25, 0.3) is 0 Å². The predicted molar refractivity (Wildman–Crippen MR) is 90.3 cm³/mol. The lowest BCUT2D eigenvalue weighted by Gasteiger charge is -2.16. The summed E-state index contributed by atoms with van der Waals surface area (Å²) < 4.78 is 0. The van der Waals surface area contributed by atoms with Gasteiger partial charge in [0.2, 0.25) is 0 Å². The van der Waals surface area contributed by atoms with E-state index < -0.39 is 0 Å². The zero-order valence-corrected chi connectivity index (χ0v) is 13.5. The minimum atomic E-state index is -0.236. The summed E-state index contributed by atoms with van der Waals surface area (Å²) in [4.78, 5) is 18.3. The molecule has 2 N–H and O–H groups in total. The molecule has 0 aliphatic carbocycles. The first-order valence-electron chi connectivity index (χ1n) is 7.21. The van der Waals surface area contributed by atoms with Gasteiger partial charge in [-0.25, -0.2) is 4.79 Å². The predicted octanol–water partition coefficient (Wildman–Crippen LogP) is 3.09. The molecule has 1 heterocycles. The van der Waals surface area contributed by atoms with Crippen molar-refractivity contribution in [2.45, 2.75) is 20.4 Å². The second-order valence-electron chi connectivity index (χ2n) is 5.47. The first kappa shape index (κ1) is 15.8. The van der Waals surface area contributed by atoms with E-state index >= 15 is 0 Å². The maximum atomic E-state index is 11.9. The van der Waals surface area contributed by atoms with Crippen molar-refractivity contribution in [2.24, 2.45) is 0 Å². The summed E-state index contributed by atoms with van der Waals surface area (Å²) in [5.74, 6) is 0. The van der Waals surface area contributed by atoms with E-state index in [1.807, 2.05) is 69.2 Å². The van der Waals surface area contributed by atoms with Crippen LogP contribution in [0.5, 0.6) is 0 Å². The summed E-state index contributed by atoms with van der Waals surface area (Å²) >= 11 is 0. The number of aromatic nitrogens is 1. The van der Waals surface area contributed by atoms with Crippen molar-refractivity contribution in [3.05, 3.63) is 53.3 Å². The summed E-state index contributed by atoms with van der Waals surface area (Å²) in [6.07, 6.45) is 0. The first-order valence-corrected chi connectivity index (χ1v) is 7.21. The molecule has 22 heavy (non-hydrogen) atoms. The Labute approximate surface area is 131 Å². The summed E-state index contributed by atoms with van der Waals surface area (Å²) in [6, 6.07) is 11.4. The fourth-order valence-electron chi connectivity index (χ4n) is 2.28. The largest absolute Gasteiger partial charge is 0.377 e. The number of urea groups is 1. The summed E-state index contributed by atoms with van der Waals surface area (Å²) in [5.41, 5.74) is 4.81. The molecule has 5 heteroatoms. The van der Waals surface area contributed by atoms with E-state index in [9.17, 15) is 4.79 Å². The Balaban J connectivity index is 1.93. The van der Waals surface area contributed by atoms with Crippen molar-refractivity contribution in [3.8, 4) is 0 Å². The molecule has 2 aromatic rings. The maximum Gasteiger partial charge on any atom is 0.319 e. The molecule has 0 atom stereocenters. The normalized spacial score (nSPS) is 10.2. The highest BCUT2D eigenvalue weighted by atomic mass is 16.2. The van der Waals surface area contributed by atoms with Crippen molar-refractivity contribution in [1.82, 2.24) is 10.3 Å². The Bertz CT molecular complexity index is 667.